The second-order valence-electron chi connectivity index (χ2n) is 8.90. The Kier molecular flexibility index (Phi) is 7.12. The number of carbonyl (C=O) groups is 3. The first-order valence-electron chi connectivity index (χ1n) is 10.6. The largest absolute Gasteiger partial charge is 0.508 e. The molecule has 1 aliphatic heterocycles. The van der Waals surface area contributed by atoms with Crippen molar-refractivity contribution < 1.29 is 24.2 Å². The molecule has 1 aliphatic rings. The predicted molar refractivity (Wildman–Crippen MR) is 117 cm³/mol. The average molecular weight is 440 g/mol. The lowest BCUT2D eigenvalue weighted by Gasteiger charge is -2.28. The Morgan fingerprint density at radius 1 is 1.22 bits per heavy atom. The standard InChI is InChI=1S/C24H29N3O5/c1-24(2,3)32-23(31)19(13-16-6-8-18(28)9-7-16)26-22(30)20-10-11-21(29)27(20)15-17-5-4-12-25-14-17/h4-9,12,14,19-20,28H,10-11,13,15H2,1-3H3,(H,26,30)/t19-,20-/m0/s1. The van der Waals surface area contributed by atoms with E-state index in [1.54, 1.807) is 51.4 Å². The molecule has 32 heavy (non-hydrogen) atoms. The highest BCUT2D eigenvalue weighted by molar-refractivity contribution is 5.93. The fourth-order valence-electron chi connectivity index (χ4n) is 3.59. The zero-order valence-corrected chi connectivity index (χ0v) is 18.6. The number of aromatic hydroxyl groups is 1. The third-order valence-electron chi connectivity index (χ3n) is 5.09. The van der Waals surface area contributed by atoms with Gasteiger partial charge in [-0.3, -0.25) is 14.6 Å². The zero-order chi connectivity index (χ0) is 23.3. The van der Waals surface area contributed by atoms with Crippen LogP contribution < -0.4 is 5.32 Å². The van der Waals surface area contributed by atoms with Crippen LogP contribution in [0.15, 0.2) is 48.8 Å². The van der Waals surface area contributed by atoms with Gasteiger partial charge < -0.3 is 20.1 Å². The molecule has 2 aromatic rings. The Morgan fingerprint density at radius 2 is 1.94 bits per heavy atom. The SMILES string of the molecule is CC(C)(C)OC(=O)[C@H](Cc1ccc(O)cc1)NC(=O)[C@@H]1CCC(=O)N1Cc1cccnc1. The lowest BCUT2D eigenvalue weighted by Crippen LogP contribution is -2.52. The summed E-state index contributed by atoms with van der Waals surface area (Å²) in [5.74, 6) is -0.945. The first-order chi connectivity index (χ1) is 15.1. The van der Waals surface area contributed by atoms with Crippen molar-refractivity contribution in [2.45, 2.75) is 64.3 Å². The predicted octanol–water partition coefficient (Wildman–Crippen LogP) is 2.35. The zero-order valence-electron chi connectivity index (χ0n) is 18.6. The van der Waals surface area contributed by atoms with Gasteiger partial charge in [0.15, 0.2) is 0 Å². The van der Waals surface area contributed by atoms with Crippen LogP contribution in [0.25, 0.3) is 0 Å². The van der Waals surface area contributed by atoms with Crippen LogP contribution in [0.2, 0.25) is 0 Å². The number of ether oxygens (including phenoxy) is 1. The summed E-state index contributed by atoms with van der Waals surface area (Å²) < 4.78 is 5.51. The van der Waals surface area contributed by atoms with Crippen molar-refractivity contribution in [2.75, 3.05) is 0 Å². The number of nitrogens with one attached hydrogen (secondary N) is 1. The Labute approximate surface area is 187 Å². The van der Waals surface area contributed by atoms with Crippen LogP contribution in [0.1, 0.15) is 44.7 Å². The molecule has 0 saturated carbocycles. The topological polar surface area (TPSA) is 109 Å². The van der Waals surface area contributed by atoms with Gasteiger partial charge in [-0.25, -0.2) is 4.79 Å². The summed E-state index contributed by atoms with van der Waals surface area (Å²) in [6.07, 6.45) is 4.16. The van der Waals surface area contributed by atoms with Crippen LogP contribution >= 0.6 is 0 Å². The van der Waals surface area contributed by atoms with Crippen LogP contribution in [0.3, 0.4) is 0 Å². The molecule has 0 spiro atoms. The average Bonchev–Trinajstić information content (AvgIpc) is 3.09. The molecule has 0 unspecified atom stereocenters. The summed E-state index contributed by atoms with van der Waals surface area (Å²) in [6, 6.07) is 8.44. The number of esters is 1. The molecule has 2 heterocycles. The van der Waals surface area contributed by atoms with Gasteiger partial charge in [0.1, 0.15) is 23.4 Å². The molecule has 1 saturated heterocycles. The second-order valence-corrected chi connectivity index (χ2v) is 8.90. The first-order valence-corrected chi connectivity index (χ1v) is 10.6. The van der Waals surface area contributed by atoms with Crippen LogP contribution in [0.5, 0.6) is 5.75 Å². The number of pyridine rings is 1. The van der Waals surface area contributed by atoms with E-state index in [0.717, 1.165) is 11.1 Å². The summed E-state index contributed by atoms with van der Waals surface area (Å²) in [6.45, 7) is 5.56. The minimum Gasteiger partial charge on any atom is -0.508 e. The van der Waals surface area contributed by atoms with Crippen molar-refractivity contribution in [1.29, 1.82) is 0 Å². The maximum atomic E-state index is 13.1. The number of hydrogen-bond donors (Lipinski definition) is 2. The van der Waals surface area contributed by atoms with Crippen LogP contribution in [0, 0.1) is 0 Å². The highest BCUT2D eigenvalue weighted by Crippen LogP contribution is 2.22. The van der Waals surface area contributed by atoms with Gasteiger partial charge in [-0.05, 0) is 56.5 Å². The lowest BCUT2D eigenvalue weighted by molar-refractivity contribution is -0.159. The fourth-order valence-corrected chi connectivity index (χ4v) is 3.59. The Bertz CT molecular complexity index is 954. The van der Waals surface area contributed by atoms with E-state index in [0.29, 0.717) is 6.42 Å². The highest BCUT2D eigenvalue weighted by Gasteiger charge is 2.38. The van der Waals surface area contributed by atoms with Crippen LogP contribution in [0.4, 0.5) is 0 Å². The number of rotatable bonds is 7. The van der Waals surface area contributed by atoms with Crippen molar-refractivity contribution in [3.63, 3.8) is 0 Å². The number of nitrogens with zero attached hydrogens (tertiary/aromatic N) is 2. The van der Waals surface area contributed by atoms with Gasteiger partial charge in [-0.1, -0.05) is 18.2 Å². The number of benzene rings is 1. The molecule has 0 bridgehead atoms. The molecule has 0 radical (unpaired) electrons. The number of amides is 2. The molecule has 8 nitrogen and oxygen atoms in total. The number of hydrogen-bond acceptors (Lipinski definition) is 6. The molecule has 2 atom stereocenters. The fraction of sp³-hybridized carbons (Fsp3) is 0.417. The Hall–Kier alpha value is -3.42. The lowest BCUT2D eigenvalue weighted by atomic mass is 10.0. The van der Waals surface area contributed by atoms with Gasteiger partial charge in [-0.15, -0.1) is 0 Å². The quantitative estimate of drug-likeness (QED) is 0.641. The minimum absolute atomic E-state index is 0.110. The first kappa shape index (κ1) is 23.2. The Balaban J connectivity index is 1.75. The number of phenolic OH excluding ortho intramolecular Hbond substituents is 1. The van der Waals surface area contributed by atoms with Gasteiger partial charge in [0, 0.05) is 31.8 Å². The van der Waals surface area contributed by atoms with Crippen LogP contribution in [-0.2, 0) is 32.1 Å². The molecule has 2 amide bonds. The molecule has 1 aromatic carbocycles. The molecule has 8 heteroatoms. The molecular formula is C24H29N3O5. The number of carbonyl (C=O) groups excluding carboxylic acids is 3. The summed E-state index contributed by atoms with van der Waals surface area (Å²) in [5, 5.41) is 12.3. The third kappa shape index (κ3) is 6.29. The summed E-state index contributed by atoms with van der Waals surface area (Å²) in [7, 11) is 0. The van der Waals surface area contributed by atoms with E-state index in [9.17, 15) is 19.5 Å². The van der Waals surface area contributed by atoms with Gasteiger partial charge in [0.05, 0.1) is 0 Å². The van der Waals surface area contributed by atoms with E-state index in [2.05, 4.69) is 10.3 Å². The minimum atomic E-state index is -0.929. The van der Waals surface area contributed by atoms with Gasteiger partial charge in [0.25, 0.3) is 0 Å². The molecule has 3 rings (SSSR count). The smallest absolute Gasteiger partial charge is 0.329 e. The van der Waals surface area contributed by atoms with Gasteiger partial charge in [0.2, 0.25) is 11.8 Å². The van der Waals surface area contributed by atoms with E-state index in [1.807, 2.05) is 6.07 Å². The summed E-state index contributed by atoms with van der Waals surface area (Å²) >= 11 is 0. The van der Waals surface area contributed by atoms with E-state index < -0.39 is 29.6 Å². The van der Waals surface area contributed by atoms with E-state index in [-0.39, 0.29) is 31.0 Å². The molecular weight excluding hydrogens is 410 g/mol. The maximum absolute atomic E-state index is 13.1. The second kappa shape index (κ2) is 9.80. The highest BCUT2D eigenvalue weighted by atomic mass is 16.6. The van der Waals surface area contributed by atoms with Crippen LogP contribution in [-0.4, -0.2) is 50.5 Å². The summed E-state index contributed by atoms with van der Waals surface area (Å²) in [5.41, 5.74) is 0.868. The molecule has 0 aliphatic carbocycles. The van der Waals surface area contributed by atoms with E-state index in [1.165, 1.54) is 17.0 Å². The van der Waals surface area contributed by atoms with Crippen molar-refractivity contribution in [2.24, 2.45) is 0 Å². The Morgan fingerprint density at radius 3 is 2.56 bits per heavy atom. The number of aromatic nitrogens is 1. The van der Waals surface area contributed by atoms with Crippen molar-refractivity contribution in [3.8, 4) is 5.75 Å². The normalized spacial score (nSPS) is 17.2. The number of phenols is 1. The monoisotopic (exact) mass is 439 g/mol. The number of likely N-dealkylation sites (tertiary alicyclic amines) is 1. The van der Waals surface area contributed by atoms with Gasteiger partial charge in [-0.2, -0.15) is 0 Å². The van der Waals surface area contributed by atoms with Gasteiger partial charge >= 0.3 is 5.97 Å². The molecule has 1 fully saturated rings. The summed E-state index contributed by atoms with van der Waals surface area (Å²) in [4.78, 5) is 44.0. The van der Waals surface area contributed by atoms with E-state index >= 15 is 0 Å². The molecule has 2 N–H and O–H groups in total. The van der Waals surface area contributed by atoms with Crippen molar-refractivity contribution >= 4 is 17.8 Å². The third-order valence-corrected chi connectivity index (χ3v) is 5.09. The molecule has 170 valence electrons. The van der Waals surface area contributed by atoms with Crippen molar-refractivity contribution in [3.05, 3.63) is 59.9 Å². The van der Waals surface area contributed by atoms with Crippen molar-refractivity contribution in [1.82, 2.24) is 15.2 Å². The molecule has 1 aromatic heterocycles. The van der Waals surface area contributed by atoms with E-state index in [4.69, 9.17) is 4.74 Å². The maximum Gasteiger partial charge on any atom is 0.329 e.